The SMILES string of the molecule is COS(=O)(=O)c1cccc(Cl)c1Cl. The van der Waals surface area contributed by atoms with Crippen LogP contribution in [-0.4, -0.2) is 15.5 Å². The average Bonchev–Trinajstić information content (AvgIpc) is 2.09. The van der Waals surface area contributed by atoms with Crippen LogP contribution in [0.2, 0.25) is 10.0 Å². The van der Waals surface area contributed by atoms with Gasteiger partial charge in [-0.1, -0.05) is 29.3 Å². The molecule has 0 aliphatic carbocycles. The van der Waals surface area contributed by atoms with E-state index in [0.29, 0.717) is 0 Å². The lowest BCUT2D eigenvalue weighted by Gasteiger charge is -2.04. The fraction of sp³-hybridized carbons (Fsp3) is 0.143. The first-order valence-electron chi connectivity index (χ1n) is 3.23. The highest BCUT2D eigenvalue weighted by Gasteiger charge is 2.18. The Labute approximate surface area is 86.4 Å². The third-order valence-corrected chi connectivity index (χ3v) is 3.65. The molecule has 0 spiro atoms. The van der Waals surface area contributed by atoms with Gasteiger partial charge in [-0.3, -0.25) is 4.18 Å². The van der Waals surface area contributed by atoms with Crippen LogP contribution in [-0.2, 0) is 14.3 Å². The van der Waals surface area contributed by atoms with Crippen LogP contribution < -0.4 is 0 Å². The van der Waals surface area contributed by atoms with Crippen molar-refractivity contribution in [3.05, 3.63) is 28.2 Å². The monoisotopic (exact) mass is 240 g/mol. The molecule has 0 atom stereocenters. The number of benzene rings is 1. The van der Waals surface area contributed by atoms with E-state index in [1.807, 2.05) is 0 Å². The molecule has 1 aromatic carbocycles. The molecule has 0 bridgehead atoms. The highest BCUT2D eigenvalue weighted by molar-refractivity contribution is 7.86. The maximum atomic E-state index is 11.2. The van der Waals surface area contributed by atoms with E-state index in [4.69, 9.17) is 23.2 Å². The molecular weight excluding hydrogens is 235 g/mol. The van der Waals surface area contributed by atoms with E-state index >= 15 is 0 Å². The van der Waals surface area contributed by atoms with Gasteiger partial charge < -0.3 is 0 Å². The van der Waals surface area contributed by atoms with Crippen molar-refractivity contribution in [3.8, 4) is 0 Å². The van der Waals surface area contributed by atoms with Crippen molar-refractivity contribution in [2.45, 2.75) is 4.90 Å². The predicted molar refractivity (Wildman–Crippen MR) is 50.7 cm³/mol. The van der Waals surface area contributed by atoms with E-state index in [0.717, 1.165) is 7.11 Å². The zero-order valence-electron chi connectivity index (χ0n) is 6.62. The van der Waals surface area contributed by atoms with Gasteiger partial charge in [-0.2, -0.15) is 8.42 Å². The van der Waals surface area contributed by atoms with Crippen LogP contribution in [0.5, 0.6) is 0 Å². The molecule has 6 heteroatoms. The molecule has 0 aliphatic heterocycles. The van der Waals surface area contributed by atoms with Crippen molar-refractivity contribution in [3.63, 3.8) is 0 Å². The van der Waals surface area contributed by atoms with Crippen molar-refractivity contribution in [2.24, 2.45) is 0 Å². The summed E-state index contributed by atoms with van der Waals surface area (Å²) in [5.41, 5.74) is 0. The van der Waals surface area contributed by atoms with Crippen LogP contribution in [0.25, 0.3) is 0 Å². The zero-order valence-corrected chi connectivity index (χ0v) is 8.95. The summed E-state index contributed by atoms with van der Waals surface area (Å²) in [7, 11) is -2.71. The van der Waals surface area contributed by atoms with Crippen LogP contribution in [0.15, 0.2) is 23.1 Å². The molecule has 0 saturated carbocycles. The maximum absolute atomic E-state index is 11.2. The molecule has 13 heavy (non-hydrogen) atoms. The van der Waals surface area contributed by atoms with Crippen LogP contribution in [0.3, 0.4) is 0 Å². The number of hydrogen-bond donors (Lipinski definition) is 0. The molecule has 72 valence electrons. The minimum Gasteiger partial charge on any atom is -0.270 e. The minimum atomic E-state index is -3.77. The van der Waals surface area contributed by atoms with Gasteiger partial charge in [-0.15, -0.1) is 0 Å². The van der Waals surface area contributed by atoms with Crippen LogP contribution in [0, 0.1) is 0 Å². The van der Waals surface area contributed by atoms with E-state index in [9.17, 15) is 8.42 Å². The van der Waals surface area contributed by atoms with E-state index < -0.39 is 10.1 Å². The Kier molecular flexibility index (Phi) is 3.18. The Balaban J connectivity index is 3.40. The topological polar surface area (TPSA) is 43.4 Å². The Morgan fingerprint density at radius 3 is 2.46 bits per heavy atom. The van der Waals surface area contributed by atoms with Crippen molar-refractivity contribution >= 4 is 33.3 Å². The molecule has 0 N–H and O–H groups in total. The fourth-order valence-corrected chi connectivity index (χ4v) is 2.16. The fourth-order valence-electron chi connectivity index (χ4n) is 0.767. The maximum Gasteiger partial charge on any atom is 0.298 e. The first-order valence-corrected chi connectivity index (χ1v) is 5.40. The second-order valence-corrected chi connectivity index (χ2v) is 4.64. The van der Waals surface area contributed by atoms with Gasteiger partial charge in [0.25, 0.3) is 10.1 Å². The highest BCUT2D eigenvalue weighted by Crippen LogP contribution is 2.29. The van der Waals surface area contributed by atoms with Crippen molar-refractivity contribution < 1.29 is 12.6 Å². The number of rotatable bonds is 2. The summed E-state index contributed by atoms with van der Waals surface area (Å²) in [4.78, 5) is -0.121. The summed E-state index contributed by atoms with van der Waals surface area (Å²) in [5.74, 6) is 0. The summed E-state index contributed by atoms with van der Waals surface area (Å²) in [6.45, 7) is 0. The third kappa shape index (κ3) is 2.14. The summed E-state index contributed by atoms with van der Waals surface area (Å²) in [6, 6.07) is 4.31. The molecule has 0 unspecified atom stereocenters. The average molecular weight is 241 g/mol. The molecule has 0 aromatic heterocycles. The summed E-state index contributed by atoms with van der Waals surface area (Å²) in [5, 5.41) is 0.158. The molecule has 0 heterocycles. The Morgan fingerprint density at radius 2 is 1.92 bits per heavy atom. The normalized spacial score (nSPS) is 11.6. The Morgan fingerprint density at radius 1 is 1.31 bits per heavy atom. The molecule has 1 aromatic rings. The molecule has 0 aliphatic rings. The second kappa shape index (κ2) is 3.84. The van der Waals surface area contributed by atoms with Gasteiger partial charge in [0.2, 0.25) is 0 Å². The Bertz CT molecular complexity index is 414. The van der Waals surface area contributed by atoms with Gasteiger partial charge in [0, 0.05) is 0 Å². The lowest BCUT2D eigenvalue weighted by molar-refractivity contribution is 0.398. The molecule has 0 fully saturated rings. The van der Waals surface area contributed by atoms with Crippen LogP contribution in [0.1, 0.15) is 0 Å². The first-order chi connectivity index (χ1) is 5.99. The summed E-state index contributed by atoms with van der Waals surface area (Å²) in [6.07, 6.45) is 0. The van der Waals surface area contributed by atoms with Crippen LogP contribution >= 0.6 is 23.2 Å². The van der Waals surface area contributed by atoms with Gasteiger partial charge in [0.05, 0.1) is 17.2 Å². The van der Waals surface area contributed by atoms with Crippen molar-refractivity contribution in [1.29, 1.82) is 0 Å². The lowest BCUT2D eigenvalue weighted by atomic mass is 10.4. The number of hydrogen-bond acceptors (Lipinski definition) is 3. The van der Waals surface area contributed by atoms with E-state index in [1.165, 1.54) is 18.2 Å². The molecular formula is C7H6Cl2O3S. The predicted octanol–water partition coefficient (Wildman–Crippen LogP) is 2.33. The smallest absolute Gasteiger partial charge is 0.270 e. The number of halogens is 2. The quantitative estimate of drug-likeness (QED) is 0.746. The summed E-state index contributed by atoms with van der Waals surface area (Å²) < 4.78 is 26.7. The lowest BCUT2D eigenvalue weighted by Crippen LogP contribution is -2.03. The molecule has 0 saturated heterocycles. The van der Waals surface area contributed by atoms with E-state index in [1.54, 1.807) is 0 Å². The molecule has 0 radical (unpaired) electrons. The largest absolute Gasteiger partial charge is 0.298 e. The van der Waals surface area contributed by atoms with E-state index in [2.05, 4.69) is 4.18 Å². The van der Waals surface area contributed by atoms with Crippen LogP contribution in [0.4, 0.5) is 0 Å². The van der Waals surface area contributed by atoms with Gasteiger partial charge in [0.1, 0.15) is 4.90 Å². The van der Waals surface area contributed by atoms with Crippen molar-refractivity contribution in [2.75, 3.05) is 7.11 Å². The second-order valence-electron chi connectivity index (χ2n) is 2.17. The molecule has 3 nitrogen and oxygen atoms in total. The highest BCUT2D eigenvalue weighted by atomic mass is 35.5. The first kappa shape index (κ1) is 10.8. The van der Waals surface area contributed by atoms with E-state index in [-0.39, 0.29) is 14.9 Å². The standard InChI is InChI=1S/C7H6Cl2O3S/c1-12-13(10,11)6-4-2-3-5(8)7(6)9/h2-4H,1H3. The molecule has 0 amide bonds. The van der Waals surface area contributed by atoms with Gasteiger partial charge in [0.15, 0.2) is 0 Å². The molecule has 1 rings (SSSR count). The summed E-state index contributed by atoms with van der Waals surface area (Å²) >= 11 is 11.3. The van der Waals surface area contributed by atoms with Gasteiger partial charge >= 0.3 is 0 Å². The zero-order chi connectivity index (χ0) is 10.1. The van der Waals surface area contributed by atoms with Gasteiger partial charge in [-0.05, 0) is 12.1 Å². The third-order valence-electron chi connectivity index (χ3n) is 1.40. The van der Waals surface area contributed by atoms with Gasteiger partial charge in [-0.25, -0.2) is 0 Å². The minimum absolute atomic E-state index is 0.0222. The Hall–Kier alpha value is -0.290. The van der Waals surface area contributed by atoms with Crippen molar-refractivity contribution in [1.82, 2.24) is 0 Å².